The van der Waals surface area contributed by atoms with Gasteiger partial charge in [-0.2, -0.15) is 26.3 Å². The highest BCUT2D eigenvalue weighted by Crippen LogP contribution is 2.35. The van der Waals surface area contributed by atoms with E-state index in [9.17, 15) is 21.6 Å². The SMILES string of the molecule is CC(C)NS(=O)(=O)N(C)c1cc(C(F)(F)F)ccc1Cl. The first-order chi connectivity index (χ1) is 8.95. The largest absolute Gasteiger partial charge is 0.416 e. The molecule has 1 aromatic rings. The third kappa shape index (κ3) is 4.00. The number of nitrogens with zero attached hydrogens (tertiary/aromatic N) is 1. The maximum atomic E-state index is 12.6. The van der Waals surface area contributed by atoms with Gasteiger partial charge in [0.1, 0.15) is 0 Å². The van der Waals surface area contributed by atoms with E-state index in [4.69, 9.17) is 11.6 Å². The van der Waals surface area contributed by atoms with Crippen LogP contribution in [0, 0.1) is 0 Å². The quantitative estimate of drug-likeness (QED) is 0.922. The molecular formula is C11H14ClF3N2O2S. The lowest BCUT2D eigenvalue weighted by Crippen LogP contribution is -2.41. The van der Waals surface area contributed by atoms with Gasteiger partial charge in [0.05, 0.1) is 16.3 Å². The average molecular weight is 331 g/mol. The Morgan fingerprint density at radius 3 is 2.30 bits per heavy atom. The predicted octanol–water partition coefficient (Wildman–Crippen LogP) is 3.04. The lowest BCUT2D eigenvalue weighted by molar-refractivity contribution is -0.137. The van der Waals surface area contributed by atoms with E-state index in [2.05, 4.69) is 4.72 Å². The number of rotatable bonds is 4. The molecule has 9 heteroatoms. The molecule has 0 aliphatic carbocycles. The first-order valence-corrected chi connectivity index (χ1v) is 7.40. The maximum absolute atomic E-state index is 12.6. The molecular weight excluding hydrogens is 317 g/mol. The minimum Gasteiger partial charge on any atom is -0.259 e. The van der Waals surface area contributed by atoms with Crippen molar-refractivity contribution in [3.05, 3.63) is 28.8 Å². The van der Waals surface area contributed by atoms with E-state index in [1.807, 2.05) is 0 Å². The molecule has 0 fully saturated rings. The summed E-state index contributed by atoms with van der Waals surface area (Å²) >= 11 is 5.78. The smallest absolute Gasteiger partial charge is 0.259 e. The van der Waals surface area contributed by atoms with Gasteiger partial charge in [-0.25, -0.2) is 0 Å². The van der Waals surface area contributed by atoms with E-state index in [0.29, 0.717) is 10.4 Å². The van der Waals surface area contributed by atoms with E-state index in [0.717, 1.165) is 19.2 Å². The Labute approximate surface area is 120 Å². The minimum absolute atomic E-state index is 0.0883. The van der Waals surface area contributed by atoms with Gasteiger partial charge in [-0.05, 0) is 32.0 Å². The van der Waals surface area contributed by atoms with Gasteiger partial charge in [-0.3, -0.25) is 4.31 Å². The van der Waals surface area contributed by atoms with Crippen LogP contribution in [0.1, 0.15) is 19.4 Å². The fourth-order valence-corrected chi connectivity index (χ4v) is 2.89. The molecule has 0 bridgehead atoms. The number of alkyl halides is 3. The van der Waals surface area contributed by atoms with Crippen LogP contribution in [-0.2, 0) is 16.4 Å². The predicted molar refractivity (Wildman–Crippen MR) is 72.0 cm³/mol. The van der Waals surface area contributed by atoms with Crippen LogP contribution in [-0.4, -0.2) is 21.5 Å². The van der Waals surface area contributed by atoms with Gasteiger partial charge in [-0.15, -0.1) is 0 Å². The summed E-state index contributed by atoms with van der Waals surface area (Å²) in [5, 5.41) is -0.0883. The zero-order valence-corrected chi connectivity index (χ0v) is 12.6. The number of benzene rings is 1. The molecule has 4 nitrogen and oxygen atoms in total. The Morgan fingerprint density at radius 2 is 1.85 bits per heavy atom. The van der Waals surface area contributed by atoms with Gasteiger partial charge in [0.15, 0.2) is 0 Å². The normalized spacial score (nSPS) is 12.8. The van der Waals surface area contributed by atoms with Gasteiger partial charge in [0, 0.05) is 13.1 Å². The molecule has 20 heavy (non-hydrogen) atoms. The molecule has 0 radical (unpaired) electrons. The van der Waals surface area contributed by atoms with E-state index < -0.39 is 28.0 Å². The molecule has 0 unspecified atom stereocenters. The van der Waals surface area contributed by atoms with E-state index in [1.165, 1.54) is 0 Å². The second kappa shape index (κ2) is 5.79. The molecule has 114 valence electrons. The van der Waals surface area contributed by atoms with Gasteiger partial charge in [-0.1, -0.05) is 11.6 Å². The Balaban J connectivity index is 3.26. The minimum atomic E-state index is -4.57. The first-order valence-electron chi connectivity index (χ1n) is 5.58. The Kier molecular flexibility index (Phi) is 4.94. The van der Waals surface area contributed by atoms with Gasteiger partial charge < -0.3 is 0 Å². The molecule has 0 amide bonds. The Morgan fingerprint density at radius 1 is 1.30 bits per heavy atom. The fourth-order valence-electron chi connectivity index (χ4n) is 1.44. The van der Waals surface area contributed by atoms with Crippen LogP contribution in [0.15, 0.2) is 18.2 Å². The second-order valence-corrected chi connectivity index (χ2v) is 6.55. The fraction of sp³-hybridized carbons (Fsp3) is 0.455. The molecule has 0 saturated carbocycles. The van der Waals surface area contributed by atoms with Crippen LogP contribution >= 0.6 is 11.6 Å². The van der Waals surface area contributed by atoms with Crippen LogP contribution in [0.4, 0.5) is 18.9 Å². The summed E-state index contributed by atoms with van der Waals surface area (Å²) < 4.78 is 64.7. The molecule has 0 spiro atoms. The van der Waals surface area contributed by atoms with E-state index >= 15 is 0 Å². The van der Waals surface area contributed by atoms with E-state index in [1.54, 1.807) is 13.8 Å². The number of halogens is 4. The van der Waals surface area contributed by atoms with Crippen molar-refractivity contribution >= 4 is 27.5 Å². The van der Waals surface area contributed by atoms with Crippen molar-refractivity contribution in [3.63, 3.8) is 0 Å². The summed E-state index contributed by atoms with van der Waals surface area (Å²) in [6.45, 7) is 3.19. The lowest BCUT2D eigenvalue weighted by atomic mass is 10.2. The molecule has 1 aromatic carbocycles. The summed E-state index contributed by atoms with van der Waals surface area (Å²) in [6, 6.07) is 2.11. The third-order valence-electron chi connectivity index (χ3n) is 2.36. The lowest BCUT2D eigenvalue weighted by Gasteiger charge is -2.23. The summed E-state index contributed by atoms with van der Waals surface area (Å²) in [5.41, 5.74) is -1.21. The number of hydrogen-bond donors (Lipinski definition) is 1. The van der Waals surface area contributed by atoms with Crippen molar-refractivity contribution in [2.75, 3.05) is 11.4 Å². The highest BCUT2D eigenvalue weighted by Gasteiger charge is 2.32. The number of nitrogens with one attached hydrogen (secondary N) is 1. The molecule has 0 aromatic heterocycles. The van der Waals surface area contributed by atoms with Crippen molar-refractivity contribution in [2.45, 2.75) is 26.1 Å². The van der Waals surface area contributed by atoms with Crippen molar-refractivity contribution in [1.29, 1.82) is 0 Å². The zero-order chi connectivity index (χ0) is 15.7. The number of anilines is 1. The highest BCUT2D eigenvalue weighted by molar-refractivity contribution is 7.90. The zero-order valence-electron chi connectivity index (χ0n) is 11.0. The van der Waals surface area contributed by atoms with Crippen LogP contribution in [0.5, 0.6) is 0 Å². The molecule has 0 heterocycles. The standard InChI is InChI=1S/C11H14ClF3N2O2S/c1-7(2)16-20(18,19)17(3)10-6-8(11(13,14)15)4-5-9(10)12/h4-7,16H,1-3H3. The van der Waals surface area contributed by atoms with Crippen LogP contribution in [0.2, 0.25) is 5.02 Å². The Hall–Kier alpha value is -0.990. The topological polar surface area (TPSA) is 49.4 Å². The maximum Gasteiger partial charge on any atom is 0.416 e. The first kappa shape index (κ1) is 17.1. The van der Waals surface area contributed by atoms with Crippen molar-refractivity contribution in [1.82, 2.24) is 4.72 Å². The van der Waals surface area contributed by atoms with Crippen molar-refractivity contribution in [3.8, 4) is 0 Å². The summed E-state index contributed by atoms with van der Waals surface area (Å²) in [7, 11) is -2.83. The second-order valence-electron chi connectivity index (χ2n) is 4.41. The van der Waals surface area contributed by atoms with Gasteiger partial charge in [0.25, 0.3) is 0 Å². The molecule has 0 aliphatic heterocycles. The van der Waals surface area contributed by atoms with Crippen molar-refractivity contribution < 1.29 is 21.6 Å². The molecule has 1 N–H and O–H groups in total. The van der Waals surface area contributed by atoms with Gasteiger partial charge >= 0.3 is 16.4 Å². The van der Waals surface area contributed by atoms with Crippen LogP contribution < -0.4 is 9.03 Å². The summed E-state index contributed by atoms with van der Waals surface area (Å²) in [6.07, 6.45) is -4.57. The van der Waals surface area contributed by atoms with Crippen LogP contribution in [0.25, 0.3) is 0 Å². The molecule has 0 aliphatic rings. The molecule has 1 rings (SSSR count). The average Bonchev–Trinajstić information content (AvgIpc) is 2.25. The third-order valence-corrected chi connectivity index (χ3v) is 4.36. The number of hydrogen-bond acceptors (Lipinski definition) is 2. The van der Waals surface area contributed by atoms with Crippen LogP contribution in [0.3, 0.4) is 0 Å². The molecule has 0 atom stereocenters. The van der Waals surface area contributed by atoms with Crippen molar-refractivity contribution in [2.24, 2.45) is 0 Å². The summed E-state index contributed by atoms with van der Waals surface area (Å²) in [5.74, 6) is 0. The monoisotopic (exact) mass is 330 g/mol. The van der Waals surface area contributed by atoms with Gasteiger partial charge in [0.2, 0.25) is 0 Å². The molecule has 0 saturated heterocycles. The highest BCUT2D eigenvalue weighted by atomic mass is 35.5. The summed E-state index contributed by atoms with van der Waals surface area (Å²) in [4.78, 5) is 0. The van der Waals surface area contributed by atoms with E-state index in [-0.39, 0.29) is 10.7 Å². The Bertz CT molecular complexity index is 588.